The summed E-state index contributed by atoms with van der Waals surface area (Å²) in [5, 5.41) is 14.2. The molecule has 0 radical (unpaired) electrons. The van der Waals surface area contributed by atoms with Gasteiger partial charge in [-0.2, -0.15) is 5.10 Å². The molecule has 4 aromatic carbocycles. The van der Waals surface area contributed by atoms with E-state index < -0.39 is 21.7 Å². The second-order valence-electron chi connectivity index (χ2n) is 8.33. The first-order chi connectivity index (χ1) is 17.7. The second kappa shape index (κ2) is 9.69. The highest BCUT2D eigenvalue weighted by molar-refractivity contribution is 7.89. The molecule has 1 aliphatic heterocycles. The number of nitrogens with zero attached hydrogens (tertiary/aromatic N) is 2. The summed E-state index contributed by atoms with van der Waals surface area (Å²) >= 11 is 5.24. The van der Waals surface area contributed by atoms with Crippen molar-refractivity contribution in [2.24, 2.45) is 10.2 Å². The van der Waals surface area contributed by atoms with Gasteiger partial charge < -0.3 is 10.2 Å². The van der Waals surface area contributed by atoms with Crippen LogP contribution in [0, 0.1) is 5.82 Å². The van der Waals surface area contributed by atoms with Crippen LogP contribution in [0.5, 0.6) is 0 Å². The van der Waals surface area contributed by atoms with E-state index in [1.54, 1.807) is 12.1 Å². The molecule has 0 fully saturated rings. The van der Waals surface area contributed by atoms with Crippen LogP contribution in [-0.4, -0.2) is 25.1 Å². The maximum Gasteiger partial charge on any atom is 0.279 e. The molecule has 0 unspecified atom stereocenters. The highest BCUT2D eigenvalue weighted by Crippen LogP contribution is 2.32. The van der Waals surface area contributed by atoms with Crippen LogP contribution in [0.2, 0.25) is 0 Å². The maximum atomic E-state index is 14.1. The quantitative estimate of drug-likeness (QED) is 0.265. The molecule has 4 N–H and O–H groups in total. The number of halogens is 1. The average Bonchev–Trinajstić information content (AvgIpc) is 3.12. The van der Waals surface area contributed by atoms with Gasteiger partial charge in [-0.25, -0.2) is 17.9 Å². The van der Waals surface area contributed by atoms with Crippen molar-refractivity contribution in [2.45, 2.75) is 11.4 Å². The van der Waals surface area contributed by atoms with Gasteiger partial charge in [0.15, 0.2) is 10.8 Å². The van der Waals surface area contributed by atoms with Gasteiger partial charge in [0, 0.05) is 11.3 Å². The van der Waals surface area contributed by atoms with Crippen LogP contribution in [0.15, 0.2) is 94.9 Å². The molecule has 0 bridgehead atoms. The van der Waals surface area contributed by atoms with Gasteiger partial charge >= 0.3 is 0 Å². The third-order valence-corrected chi connectivity index (χ3v) is 6.90. The third kappa shape index (κ3) is 5.19. The predicted molar refractivity (Wildman–Crippen MR) is 145 cm³/mol. The van der Waals surface area contributed by atoms with E-state index >= 15 is 0 Å². The first kappa shape index (κ1) is 24.5. The molecule has 1 aliphatic rings. The van der Waals surface area contributed by atoms with Gasteiger partial charge in [-0.05, 0) is 71.0 Å². The minimum atomic E-state index is -3.89. The number of hydrazone groups is 1. The maximum absolute atomic E-state index is 14.1. The van der Waals surface area contributed by atoms with Gasteiger partial charge in [0.1, 0.15) is 5.82 Å². The minimum Gasteiger partial charge on any atom is -0.331 e. The van der Waals surface area contributed by atoms with E-state index in [1.165, 1.54) is 35.2 Å². The molecule has 4 aromatic rings. The Morgan fingerprint density at radius 1 is 0.973 bits per heavy atom. The molecule has 0 aliphatic carbocycles. The molecule has 0 spiro atoms. The van der Waals surface area contributed by atoms with Crippen molar-refractivity contribution in [2.75, 3.05) is 10.2 Å². The lowest BCUT2D eigenvalue weighted by Crippen LogP contribution is -2.32. The van der Waals surface area contributed by atoms with Gasteiger partial charge in [-0.1, -0.05) is 42.5 Å². The lowest BCUT2D eigenvalue weighted by atomic mass is 10.1. The molecule has 0 saturated heterocycles. The number of amides is 1. The predicted octanol–water partition coefficient (Wildman–Crippen LogP) is 3.86. The van der Waals surface area contributed by atoms with E-state index in [1.807, 2.05) is 42.5 Å². The van der Waals surface area contributed by atoms with Crippen molar-refractivity contribution >= 4 is 61.1 Å². The number of hydrogen-bond acceptors (Lipinski definition) is 5. The number of rotatable bonds is 5. The Bertz CT molecular complexity index is 1710. The monoisotopic (exact) mass is 533 g/mol. The number of fused-ring (bicyclic) bond motifs is 2. The standard InChI is InChI=1S/C26H20FN5O3S2/c27-19-10-11-23-22(13-19)24(30-31-26(36)29-20-6-3-7-21(14-20)37(28,34)35)25(33)32(23)15-16-8-9-17-4-1-2-5-18(17)12-16/h1-14H,15H2,(H2,28,34,35)(H2,29,31,36). The van der Waals surface area contributed by atoms with E-state index in [9.17, 15) is 17.6 Å². The van der Waals surface area contributed by atoms with E-state index in [0.717, 1.165) is 16.3 Å². The zero-order chi connectivity index (χ0) is 26.2. The second-order valence-corrected chi connectivity index (χ2v) is 10.3. The van der Waals surface area contributed by atoms with Gasteiger partial charge in [0.2, 0.25) is 10.0 Å². The average molecular weight is 534 g/mol. The van der Waals surface area contributed by atoms with Crippen LogP contribution in [0.25, 0.3) is 10.8 Å². The fourth-order valence-electron chi connectivity index (χ4n) is 4.09. The number of thiocarbonyl (C=S) groups is 1. The van der Waals surface area contributed by atoms with E-state index in [-0.39, 0.29) is 22.3 Å². The molecule has 5 rings (SSSR count). The molecule has 1 heterocycles. The topological polar surface area (TPSA) is 117 Å². The fourth-order valence-corrected chi connectivity index (χ4v) is 4.81. The number of carbonyl (C=O) groups is 1. The normalized spacial score (nSPS) is 14.2. The lowest BCUT2D eigenvalue weighted by Gasteiger charge is -2.17. The number of nitrogens with one attached hydrogen (secondary N) is 2. The first-order valence-corrected chi connectivity index (χ1v) is 13.0. The molecule has 8 nitrogen and oxygen atoms in total. The summed E-state index contributed by atoms with van der Waals surface area (Å²) in [4.78, 5) is 14.8. The van der Waals surface area contributed by atoms with Gasteiger partial charge in [0.05, 0.1) is 17.1 Å². The molecular formula is C26H20FN5O3S2. The largest absolute Gasteiger partial charge is 0.331 e. The number of carbonyl (C=O) groups excluding carboxylic acids is 1. The lowest BCUT2D eigenvalue weighted by molar-refractivity contribution is -0.112. The highest BCUT2D eigenvalue weighted by atomic mass is 32.2. The Morgan fingerprint density at radius 3 is 2.54 bits per heavy atom. The third-order valence-electron chi connectivity index (χ3n) is 5.80. The van der Waals surface area contributed by atoms with Crippen LogP contribution in [0.3, 0.4) is 0 Å². The number of benzene rings is 4. The Labute approximate surface area is 217 Å². The van der Waals surface area contributed by atoms with Crippen molar-refractivity contribution in [3.8, 4) is 0 Å². The number of primary sulfonamides is 1. The zero-order valence-corrected chi connectivity index (χ0v) is 20.8. The van der Waals surface area contributed by atoms with Crippen LogP contribution in [0.4, 0.5) is 15.8 Å². The summed E-state index contributed by atoms with van der Waals surface area (Å²) in [5.74, 6) is -0.924. The van der Waals surface area contributed by atoms with Crippen LogP contribution in [0.1, 0.15) is 11.1 Å². The van der Waals surface area contributed by atoms with Crippen LogP contribution < -0.4 is 20.8 Å². The van der Waals surface area contributed by atoms with E-state index in [2.05, 4.69) is 15.8 Å². The number of anilines is 2. The zero-order valence-electron chi connectivity index (χ0n) is 19.2. The fraction of sp³-hybridized carbons (Fsp3) is 0.0385. The Kier molecular flexibility index (Phi) is 6.42. The smallest absolute Gasteiger partial charge is 0.279 e. The summed E-state index contributed by atoms with van der Waals surface area (Å²) in [6, 6.07) is 23.7. The molecule has 0 atom stereocenters. The number of hydrogen-bond donors (Lipinski definition) is 3. The minimum absolute atomic E-state index is 0.00204. The summed E-state index contributed by atoms with van der Waals surface area (Å²) < 4.78 is 37.3. The summed E-state index contributed by atoms with van der Waals surface area (Å²) in [7, 11) is -3.89. The number of nitrogens with two attached hydrogens (primary N) is 1. The molecule has 0 aromatic heterocycles. The van der Waals surface area contributed by atoms with E-state index in [0.29, 0.717) is 16.9 Å². The van der Waals surface area contributed by atoms with Crippen LogP contribution in [-0.2, 0) is 21.4 Å². The van der Waals surface area contributed by atoms with Gasteiger partial charge in [0.25, 0.3) is 5.91 Å². The Hall–Kier alpha value is -4.19. The van der Waals surface area contributed by atoms with Crippen LogP contribution >= 0.6 is 12.2 Å². The first-order valence-electron chi connectivity index (χ1n) is 11.1. The van der Waals surface area contributed by atoms with Gasteiger partial charge in [-0.15, -0.1) is 0 Å². The molecule has 37 heavy (non-hydrogen) atoms. The molecule has 1 amide bonds. The SMILES string of the molecule is NS(=O)(=O)c1cccc(NC(=S)NN=C2C(=O)N(Cc3ccc4ccccc4c3)c3ccc(F)cc32)c1. The van der Waals surface area contributed by atoms with Crippen molar-refractivity contribution in [3.05, 3.63) is 102 Å². The van der Waals surface area contributed by atoms with E-state index in [4.69, 9.17) is 17.4 Å². The summed E-state index contributed by atoms with van der Waals surface area (Å²) in [5.41, 5.74) is 4.70. The summed E-state index contributed by atoms with van der Waals surface area (Å²) in [6.45, 7) is 0.268. The molecular weight excluding hydrogens is 513 g/mol. The number of sulfonamides is 1. The summed E-state index contributed by atoms with van der Waals surface area (Å²) in [6.07, 6.45) is 0. The van der Waals surface area contributed by atoms with Crippen molar-refractivity contribution in [1.29, 1.82) is 0 Å². The molecule has 186 valence electrons. The van der Waals surface area contributed by atoms with Gasteiger partial charge in [-0.3, -0.25) is 10.2 Å². The Balaban J connectivity index is 1.38. The van der Waals surface area contributed by atoms with Crippen molar-refractivity contribution in [3.63, 3.8) is 0 Å². The van der Waals surface area contributed by atoms with Crippen molar-refractivity contribution in [1.82, 2.24) is 5.43 Å². The molecule has 0 saturated carbocycles. The van der Waals surface area contributed by atoms with Crippen molar-refractivity contribution < 1.29 is 17.6 Å². The molecule has 11 heteroatoms. The Morgan fingerprint density at radius 2 is 1.76 bits per heavy atom. The highest BCUT2D eigenvalue weighted by Gasteiger charge is 2.34.